The molecule has 0 fully saturated rings. The molecule has 3 aromatic carbocycles. The molecule has 4 rings (SSSR count). The molecule has 0 aliphatic heterocycles. The molecule has 0 aliphatic rings. The second kappa shape index (κ2) is 7.40. The minimum absolute atomic E-state index is 0.0887. The number of hydrogen-bond acceptors (Lipinski definition) is 4. The van der Waals surface area contributed by atoms with Gasteiger partial charge in [0, 0.05) is 16.7 Å². The number of ether oxygens (including phenoxy) is 1. The molecule has 1 heterocycles. The fourth-order valence-corrected chi connectivity index (χ4v) is 3.02. The van der Waals surface area contributed by atoms with Crippen LogP contribution in [-0.4, -0.2) is 27.9 Å². The van der Waals surface area contributed by atoms with Crippen LogP contribution in [0.15, 0.2) is 84.9 Å². The molecule has 1 N–H and O–H groups in total. The van der Waals surface area contributed by atoms with Crippen molar-refractivity contribution in [2.45, 2.75) is 0 Å². The third kappa shape index (κ3) is 3.25. The van der Waals surface area contributed by atoms with E-state index < -0.39 is 0 Å². The van der Waals surface area contributed by atoms with Gasteiger partial charge in [0.1, 0.15) is 11.5 Å². The molecule has 0 unspecified atom stereocenters. The minimum Gasteiger partial charge on any atom is -0.507 e. The van der Waals surface area contributed by atoms with Crippen molar-refractivity contribution >= 4 is 5.91 Å². The van der Waals surface area contributed by atoms with Crippen LogP contribution in [0.4, 0.5) is 0 Å². The number of aromatic nitrogens is 2. The monoisotopic (exact) mass is 370 g/mol. The predicted molar refractivity (Wildman–Crippen MR) is 107 cm³/mol. The Labute approximate surface area is 162 Å². The number of rotatable bonds is 4. The summed E-state index contributed by atoms with van der Waals surface area (Å²) >= 11 is 0. The van der Waals surface area contributed by atoms with Crippen molar-refractivity contribution in [3.8, 4) is 34.0 Å². The molecule has 0 aliphatic carbocycles. The Morgan fingerprint density at radius 2 is 1.61 bits per heavy atom. The van der Waals surface area contributed by atoms with E-state index in [0.29, 0.717) is 28.3 Å². The highest BCUT2D eigenvalue weighted by atomic mass is 16.5. The first-order valence-electron chi connectivity index (χ1n) is 8.80. The molecule has 0 atom stereocenters. The van der Waals surface area contributed by atoms with Crippen molar-refractivity contribution in [3.63, 3.8) is 0 Å². The minimum atomic E-state index is -0.289. The van der Waals surface area contributed by atoms with Gasteiger partial charge < -0.3 is 9.84 Å². The SMILES string of the molecule is COc1ccc(C(=O)n2nc(-c3ccccc3)cc2-c2ccccc2O)cc1. The van der Waals surface area contributed by atoms with E-state index in [1.807, 2.05) is 42.5 Å². The van der Waals surface area contributed by atoms with Gasteiger partial charge in [-0.3, -0.25) is 4.79 Å². The molecule has 0 bridgehead atoms. The smallest absolute Gasteiger partial charge is 0.278 e. The topological polar surface area (TPSA) is 64.4 Å². The van der Waals surface area contributed by atoms with Crippen LogP contribution in [-0.2, 0) is 0 Å². The number of aromatic hydroxyl groups is 1. The fraction of sp³-hybridized carbons (Fsp3) is 0.0435. The van der Waals surface area contributed by atoms with E-state index >= 15 is 0 Å². The summed E-state index contributed by atoms with van der Waals surface area (Å²) < 4.78 is 6.49. The zero-order valence-electron chi connectivity index (χ0n) is 15.2. The van der Waals surface area contributed by atoms with Crippen LogP contribution in [0, 0.1) is 0 Å². The largest absolute Gasteiger partial charge is 0.507 e. The van der Waals surface area contributed by atoms with Gasteiger partial charge in [0.05, 0.1) is 18.5 Å². The summed E-state index contributed by atoms with van der Waals surface area (Å²) in [6.45, 7) is 0. The highest BCUT2D eigenvalue weighted by molar-refractivity contribution is 5.98. The second-order valence-electron chi connectivity index (χ2n) is 6.24. The maximum absolute atomic E-state index is 13.2. The fourth-order valence-electron chi connectivity index (χ4n) is 3.02. The lowest BCUT2D eigenvalue weighted by Gasteiger charge is -2.08. The van der Waals surface area contributed by atoms with E-state index in [1.54, 1.807) is 49.6 Å². The molecule has 0 spiro atoms. The zero-order valence-corrected chi connectivity index (χ0v) is 15.2. The Balaban J connectivity index is 1.85. The molecule has 0 amide bonds. The van der Waals surface area contributed by atoms with Gasteiger partial charge >= 0.3 is 0 Å². The van der Waals surface area contributed by atoms with Crippen molar-refractivity contribution in [3.05, 3.63) is 90.5 Å². The van der Waals surface area contributed by atoms with Crippen LogP contribution < -0.4 is 4.74 Å². The zero-order chi connectivity index (χ0) is 19.5. The summed E-state index contributed by atoms with van der Waals surface area (Å²) in [6, 6.07) is 25.2. The molecule has 0 saturated heterocycles. The van der Waals surface area contributed by atoms with Crippen molar-refractivity contribution in [1.82, 2.24) is 9.78 Å². The molecular formula is C23H18N2O3. The van der Waals surface area contributed by atoms with Crippen LogP contribution in [0.3, 0.4) is 0 Å². The summed E-state index contributed by atoms with van der Waals surface area (Å²) in [4.78, 5) is 13.2. The summed E-state index contributed by atoms with van der Waals surface area (Å²) in [5.74, 6) is 0.469. The molecule has 0 saturated carbocycles. The number of para-hydroxylation sites is 1. The molecular weight excluding hydrogens is 352 g/mol. The van der Waals surface area contributed by atoms with Gasteiger partial charge in [-0.25, -0.2) is 0 Å². The number of phenols is 1. The Hall–Kier alpha value is -3.86. The van der Waals surface area contributed by atoms with E-state index in [9.17, 15) is 9.90 Å². The number of methoxy groups -OCH3 is 1. The van der Waals surface area contributed by atoms with Crippen LogP contribution in [0.25, 0.3) is 22.5 Å². The molecule has 138 valence electrons. The average molecular weight is 370 g/mol. The van der Waals surface area contributed by atoms with E-state index in [1.165, 1.54) is 4.68 Å². The van der Waals surface area contributed by atoms with Gasteiger partial charge in [-0.15, -0.1) is 0 Å². The van der Waals surface area contributed by atoms with Gasteiger partial charge in [-0.05, 0) is 42.5 Å². The number of benzene rings is 3. The number of carbonyl (C=O) groups is 1. The first-order valence-corrected chi connectivity index (χ1v) is 8.80. The Kier molecular flexibility index (Phi) is 4.64. The summed E-state index contributed by atoms with van der Waals surface area (Å²) in [7, 11) is 1.58. The first kappa shape index (κ1) is 17.5. The average Bonchev–Trinajstić information content (AvgIpc) is 3.19. The van der Waals surface area contributed by atoms with Crippen LogP contribution in [0.5, 0.6) is 11.5 Å². The molecule has 0 radical (unpaired) electrons. The lowest BCUT2D eigenvalue weighted by Crippen LogP contribution is -2.15. The third-order valence-electron chi connectivity index (χ3n) is 4.49. The second-order valence-corrected chi connectivity index (χ2v) is 6.24. The third-order valence-corrected chi connectivity index (χ3v) is 4.49. The highest BCUT2D eigenvalue weighted by Crippen LogP contribution is 2.32. The van der Waals surface area contributed by atoms with Gasteiger partial charge in [0.25, 0.3) is 5.91 Å². The number of phenolic OH excluding ortho intramolecular Hbond substituents is 1. The number of carbonyl (C=O) groups excluding carboxylic acids is 1. The van der Waals surface area contributed by atoms with Crippen molar-refractivity contribution in [2.75, 3.05) is 7.11 Å². The Bertz CT molecular complexity index is 1120. The van der Waals surface area contributed by atoms with E-state index in [-0.39, 0.29) is 11.7 Å². The summed E-state index contributed by atoms with van der Waals surface area (Å²) in [6.07, 6.45) is 0. The van der Waals surface area contributed by atoms with Gasteiger partial charge in [0.2, 0.25) is 0 Å². The molecule has 5 heteroatoms. The summed E-state index contributed by atoms with van der Waals surface area (Å²) in [5.41, 5.74) is 3.08. The summed E-state index contributed by atoms with van der Waals surface area (Å²) in [5, 5.41) is 14.9. The van der Waals surface area contributed by atoms with E-state index in [2.05, 4.69) is 5.10 Å². The van der Waals surface area contributed by atoms with Crippen molar-refractivity contribution in [2.24, 2.45) is 0 Å². The maximum Gasteiger partial charge on any atom is 0.278 e. The molecule has 28 heavy (non-hydrogen) atoms. The predicted octanol–water partition coefficient (Wildman–Crippen LogP) is 4.62. The molecule has 4 aromatic rings. The van der Waals surface area contributed by atoms with Gasteiger partial charge in [-0.2, -0.15) is 9.78 Å². The highest BCUT2D eigenvalue weighted by Gasteiger charge is 2.20. The number of hydrogen-bond donors (Lipinski definition) is 1. The van der Waals surface area contributed by atoms with Crippen LogP contribution in [0.1, 0.15) is 10.4 Å². The van der Waals surface area contributed by atoms with Gasteiger partial charge in [-0.1, -0.05) is 42.5 Å². The lowest BCUT2D eigenvalue weighted by atomic mass is 10.1. The maximum atomic E-state index is 13.2. The van der Waals surface area contributed by atoms with Crippen molar-refractivity contribution in [1.29, 1.82) is 0 Å². The standard InChI is InChI=1S/C23H18N2O3/c1-28-18-13-11-17(12-14-18)23(27)25-21(19-9-5-6-10-22(19)26)15-20(24-25)16-7-3-2-4-8-16/h2-15,26H,1H3. The quantitative estimate of drug-likeness (QED) is 0.569. The molecule has 1 aromatic heterocycles. The lowest BCUT2D eigenvalue weighted by molar-refractivity contribution is 0.0947. The molecule has 5 nitrogen and oxygen atoms in total. The van der Waals surface area contributed by atoms with E-state index in [4.69, 9.17) is 4.74 Å². The Morgan fingerprint density at radius 3 is 2.29 bits per heavy atom. The van der Waals surface area contributed by atoms with E-state index in [0.717, 1.165) is 5.56 Å². The van der Waals surface area contributed by atoms with Crippen LogP contribution >= 0.6 is 0 Å². The Morgan fingerprint density at radius 1 is 0.929 bits per heavy atom. The number of nitrogens with zero attached hydrogens (tertiary/aromatic N) is 2. The van der Waals surface area contributed by atoms with Gasteiger partial charge in [0.15, 0.2) is 0 Å². The first-order chi connectivity index (χ1) is 13.7. The normalized spacial score (nSPS) is 10.6. The van der Waals surface area contributed by atoms with Crippen LogP contribution in [0.2, 0.25) is 0 Å². The van der Waals surface area contributed by atoms with Crippen molar-refractivity contribution < 1.29 is 14.6 Å².